The largest absolute Gasteiger partial charge is 0.457 e. The number of fused-ring (bicyclic) bond motifs is 1. The van der Waals surface area contributed by atoms with Crippen molar-refractivity contribution >= 4 is 29.0 Å². The summed E-state index contributed by atoms with van der Waals surface area (Å²) >= 11 is 0. The lowest BCUT2D eigenvalue weighted by atomic mass is 10.1. The first kappa shape index (κ1) is 29.0. The van der Waals surface area contributed by atoms with E-state index >= 15 is 0 Å². The van der Waals surface area contributed by atoms with E-state index in [1.807, 2.05) is 60.7 Å². The van der Waals surface area contributed by atoms with Crippen LogP contribution in [0.15, 0.2) is 84.9 Å². The van der Waals surface area contributed by atoms with Crippen LogP contribution in [-0.4, -0.2) is 73.2 Å². The van der Waals surface area contributed by atoms with E-state index in [9.17, 15) is 14.4 Å². The number of carbonyl (C=O) groups is 3. The van der Waals surface area contributed by atoms with Crippen LogP contribution in [-0.2, 0) is 25.6 Å². The van der Waals surface area contributed by atoms with E-state index in [1.54, 1.807) is 36.2 Å². The average molecular weight is 571 g/mol. The summed E-state index contributed by atoms with van der Waals surface area (Å²) in [6, 6.07) is 25.9. The monoisotopic (exact) mass is 570 g/mol. The van der Waals surface area contributed by atoms with Crippen LogP contribution in [0.5, 0.6) is 11.5 Å². The molecular formula is C32H34N4O6. The molecule has 0 radical (unpaired) electrons. The molecule has 2 saturated heterocycles. The summed E-state index contributed by atoms with van der Waals surface area (Å²) in [5.41, 5.74) is 2.59. The van der Waals surface area contributed by atoms with Gasteiger partial charge in [0.05, 0.1) is 32.8 Å². The van der Waals surface area contributed by atoms with Crippen LogP contribution in [0.2, 0.25) is 0 Å². The number of aldehydes is 1. The molecule has 0 bridgehead atoms. The molecule has 3 aromatic carbocycles. The molecule has 10 nitrogen and oxygen atoms in total. The number of H-pyrrole nitrogens is 1. The maximum atomic E-state index is 12.8. The molecule has 1 aromatic heterocycles. The molecule has 0 saturated carbocycles. The van der Waals surface area contributed by atoms with Gasteiger partial charge in [-0.05, 0) is 61.0 Å². The molecule has 1 spiro atoms. The van der Waals surface area contributed by atoms with E-state index in [1.165, 1.54) is 0 Å². The molecule has 3 N–H and O–H groups in total. The van der Waals surface area contributed by atoms with Gasteiger partial charge in [-0.25, -0.2) is 0 Å². The molecule has 1 atom stereocenters. The zero-order valence-corrected chi connectivity index (χ0v) is 23.4. The Morgan fingerprint density at radius 2 is 1.69 bits per heavy atom. The predicted molar refractivity (Wildman–Crippen MR) is 157 cm³/mol. The van der Waals surface area contributed by atoms with Gasteiger partial charge in [-0.1, -0.05) is 36.4 Å². The van der Waals surface area contributed by atoms with Crippen LogP contribution in [0.1, 0.15) is 22.5 Å². The number of carbonyl (C=O) groups excluding carboxylic acids is 3. The fourth-order valence-electron chi connectivity index (χ4n) is 5.06. The first-order chi connectivity index (χ1) is 20.5. The van der Waals surface area contributed by atoms with E-state index < -0.39 is 11.8 Å². The van der Waals surface area contributed by atoms with Gasteiger partial charge < -0.3 is 34.7 Å². The number of aromatic amines is 1. The topological polar surface area (TPSA) is 122 Å². The normalized spacial score (nSPS) is 17.1. The number of nitrogens with one attached hydrogen (secondary N) is 3. The van der Waals surface area contributed by atoms with Gasteiger partial charge in [-0.15, -0.1) is 0 Å². The number of likely N-dealkylation sites (N-methyl/N-ethyl adjacent to an activating group) is 1. The first-order valence-corrected chi connectivity index (χ1v) is 13.8. The molecule has 0 aliphatic carbocycles. The Morgan fingerprint density at radius 1 is 1.00 bits per heavy atom. The second kappa shape index (κ2) is 13.4. The van der Waals surface area contributed by atoms with Gasteiger partial charge in [0.25, 0.3) is 0 Å². The summed E-state index contributed by atoms with van der Waals surface area (Å²) in [5, 5.41) is 6.88. The first-order valence-electron chi connectivity index (χ1n) is 13.8. The van der Waals surface area contributed by atoms with E-state index in [2.05, 4.69) is 15.6 Å². The molecule has 2 amide bonds. The molecule has 1 unspecified atom stereocenters. The van der Waals surface area contributed by atoms with Crippen LogP contribution in [0.25, 0.3) is 10.9 Å². The fourth-order valence-corrected chi connectivity index (χ4v) is 5.06. The van der Waals surface area contributed by atoms with Crippen LogP contribution < -0.4 is 15.4 Å². The molecule has 42 heavy (non-hydrogen) atoms. The summed E-state index contributed by atoms with van der Waals surface area (Å²) < 4.78 is 17.0. The van der Waals surface area contributed by atoms with E-state index in [4.69, 9.17) is 14.2 Å². The number of benzene rings is 3. The number of rotatable bonds is 8. The summed E-state index contributed by atoms with van der Waals surface area (Å²) in [6.45, 7) is 1.78. The molecule has 2 aliphatic rings. The van der Waals surface area contributed by atoms with Crippen molar-refractivity contribution in [3.63, 3.8) is 0 Å². The van der Waals surface area contributed by atoms with Crippen LogP contribution in [0.4, 0.5) is 0 Å². The third-order valence-electron chi connectivity index (χ3n) is 7.09. The van der Waals surface area contributed by atoms with Gasteiger partial charge in [0, 0.05) is 23.2 Å². The van der Waals surface area contributed by atoms with Crippen molar-refractivity contribution in [2.45, 2.75) is 24.8 Å². The maximum absolute atomic E-state index is 12.8. The molecule has 3 heterocycles. The number of ether oxygens (including phenoxy) is 3. The van der Waals surface area contributed by atoms with Crippen molar-refractivity contribution in [3.05, 3.63) is 96.2 Å². The number of hydrogen-bond acceptors (Lipinski definition) is 7. The highest BCUT2D eigenvalue weighted by molar-refractivity contribution is 5.89. The van der Waals surface area contributed by atoms with Gasteiger partial charge in [0.2, 0.25) is 11.8 Å². The number of amides is 2. The van der Waals surface area contributed by atoms with Crippen molar-refractivity contribution in [2.24, 2.45) is 0 Å². The van der Waals surface area contributed by atoms with Crippen LogP contribution >= 0.6 is 0 Å². The standard InChI is InChI=1S/C19H24N4O4.C13H10O2/c1-20-11-17(24)23-12-19(26-6-7-27-19)9-16(23)18(25)21-10-14-8-13-4-2-3-5-15(13)22-14;14-10-11-6-8-13(9-7-11)15-12-4-2-1-3-5-12/h2-5,8,16,20,22H,6-7,9-12H2,1H3,(H,21,25);1-10H. The fraction of sp³-hybridized carbons (Fsp3) is 0.281. The predicted octanol–water partition coefficient (Wildman–Crippen LogP) is 3.64. The molecule has 2 fully saturated rings. The van der Waals surface area contributed by atoms with Crippen LogP contribution in [0.3, 0.4) is 0 Å². The second-order valence-electron chi connectivity index (χ2n) is 10.1. The van der Waals surface area contributed by atoms with Gasteiger partial charge in [-0.3, -0.25) is 14.4 Å². The zero-order valence-electron chi connectivity index (χ0n) is 23.4. The maximum Gasteiger partial charge on any atom is 0.243 e. The Balaban J connectivity index is 0.000000199. The van der Waals surface area contributed by atoms with Gasteiger partial charge in [0.15, 0.2) is 5.79 Å². The van der Waals surface area contributed by atoms with Gasteiger partial charge in [-0.2, -0.15) is 0 Å². The number of nitrogens with zero attached hydrogens (tertiary/aromatic N) is 1. The van der Waals surface area contributed by atoms with E-state index in [0.29, 0.717) is 31.7 Å². The highest BCUT2D eigenvalue weighted by atomic mass is 16.7. The van der Waals surface area contributed by atoms with E-state index in [0.717, 1.165) is 34.4 Å². The molecule has 10 heteroatoms. The second-order valence-corrected chi connectivity index (χ2v) is 10.1. The Labute approximate surface area is 243 Å². The molecular weight excluding hydrogens is 536 g/mol. The number of hydrogen-bond donors (Lipinski definition) is 3. The summed E-state index contributed by atoms with van der Waals surface area (Å²) in [4.78, 5) is 40.6. The number of aromatic nitrogens is 1. The molecule has 2 aliphatic heterocycles. The lowest BCUT2D eigenvalue weighted by molar-refractivity contribution is -0.152. The lowest BCUT2D eigenvalue weighted by Crippen LogP contribution is -2.48. The minimum absolute atomic E-state index is 0.140. The third-order valence-corrected chi connectivity index (χ3v) is 7.09. The Kier molecular flexibility index (Phi) is 9.28. The minimum atomic E-state index is -0.855. The van der Waals surface area contributed by atoms with Crippen molar-refractivity contribution in [1.82, 2.24) is 20.5 Å². The van der Waals surface area contributed by atoms with Crippen LogP contribution in [0, 0.1) is 0 Å². The Morgan fingerprint density at radius 3 is 2.38 bits per heavy atom. The zero-order chi connectivity index (χ0) is 29.4. The number of likely N-dealkylation sites (tertiary alicyclic amines) is 1. The summed E-state index contributed by atoms with van der Waals surface area (Å²) in [6.07, 6.45) is 1.16. The summed E-state index contributed by atoms with van der Waals surface area (Å²) in [7, 11) is 1.71. The van der Waals surface area contributed by atoms with Crippen molar-refractivity contribution < 1.29 is 28.6 Å². The van der Waals surface area contributed by atoms with Gasteiger partial charge >= 0.3 is 0 Å². The van der Waals surface area contributed by atoms with Crippen molar-refractivity contribution in [2.75, 3.05) is 33.4 Å². The highest BCUT2D eigenvalue weighted by Crippen LogP contribution is 2.35. The lowest BCUT2D eigenvalue weighted by Gasteiger charge is -2.24. The van der Waals surface area contributed by atoms with Gasteiger partial charge in [0.1, 0.15) is 23.8 Å². The highest BCUT2D eigenvalue weighted by Gasteiger charge is 2.52. The SMILES string of the molecule is CNCC(=O)N1CC2(CC1C(=O)NCc1cc3ccccc3[nH]1)OCCO2.O=Cc1ccc(Oc2ccccc2)cc1. The smallest absolute Gasteiger partial charge is 0.243 e. The number of para-hydroxylation sites is 2. The Hall–Kier alpha value is -4.51. The quantitative estimate of drug-likeness (QED) is 0.277. The van der Waals surface area contributed by atoms with Crippen molar-refractivity contribution in [1.29, 1.82) is 0 Å². The molecule has 4 aromatic rings. The molecule has 6 rings (SSSR count). The summed E-state index contributed by atoms with van der Waals surface area (Å²) in [5.74, 6) is 0.323. The molecule has 218 valence electrons. The van der Waals surface area contributed by atoms with Crippen molar-refractivity contribution in [3.8, 4) is 11.5 Å². The van der Waals surface area contributed by atoms with E-state index in [-0.39, 0.29) is 24.9 Å². The Bertz CT molecular complexity index is 1470. The minimum Gasteiger partial charge on any atom is -0.457 e. The third kappa shape index (κ3) is 7.03. The average Bonchev–Trinajstić information content (AvgIpc) is 3.76.